The van der Waals surface area contributed by atoms with E-state index in [1.165, 1.54) is 0 Å². The monoisotopic (exact) mass is 283 g/mol. The molecule has 0 saturated heterocycles. The Hall–Kier alpha value is -2.49. The van der Waals surface area contributed by atoms with Gasteiger partial charge in [0.2, 0.25) is 5.91 Å². The van der Waals surface area contributed by atoms with Crippen LogP contribution in [0.15, 0.2) is 42.5 Å². The molecule has 1 heterocycles. The van der Waals surface area contributed by atoms with Crippen LogP contribution in [0, 0.1) is 0 Å². The second kappa shape index (κ2) is 5.87. The van der Waals surface area contributed by atoms with Crippen LogP contribution in [0.25, 0.3) is 0 Å². The van der Waals surface area contributed by atoms with Crippen molar-refractivity contribution >= 4 is 11.6 Å². The largest absolute Gasteiger partial charge is 0.497 e. The summed E-state index contributed by atoms with van der Waals surface area (Å²) in [6.45, 7) is 0.462. The van der Waals surface area contributed by atoms with Gasteiger partial charge >= 0.3 is 0 Å². The molecular weight excluding hydrogens is 266 g/mol. The van der Waals surface area contributed by atoms with E-state index in [0.717, 1.165) is 34.7 Å². The first-order valence-electron chi connectivity index (χ1n) is 6.93. The molecule has 108 valence electrons. The van der Waals surface area contributed by atoms with Crippen LogP contribution in [0.3, 0.4) is 0 Å². The summed E-state index contributed by atoms with van der Waals surface area (Å²) in [5.74, 6) is 1.63. The van der Waals surface area contributed by atoms with Crippen molar-refractivity contribution in [1.29, 1.82) is 0 Å². The van der Waals surface area contributed by atoms with Crippen molar-refractivity contribution in [1.82, 2.24) is 0 Å². The van der Waals surface area contributed by atoms with Crippen LogP contribution in [0.1, 0.15) is 17.5 Å². The number of aryl methyl sites for hydroxylation is 1. The highest BCUT2D eigenvalue weighted by Gasteiger charge is 2.15. The van der Waals surface area contributed by atoms with Crippen molar-refractivity contribution < 1.29 is 14.3 Å². The molecule has 1 amide bonds. The predicted molar refractivity (Wildman–Crippen MR) is 80.7 cm³/mol. The highest BCUT2D eigenvalue weighted by Crippen LogP contribution is 2.27. The maximum Gasteiger partial charge on any atom is 0.224 e. The minimum absolute atomic E-state index is 0.0624. The van der Waals surface area contributed by atoms with Crippen LogP contribution in [0.5, 0.6) is 11.5 Å². The molecule has 3 rings (SSSR count). The molecule has 0 saturated carbocycles. The normalized spacial score (nSPS) is 13.3. The lowest BCUT2D eigenvalue weighted by atomic mass is 10.0. The molecule has 1 aliphatic heterocycles. The van der Waals surface area contributed by atoms with Gasteiger partial charge in [-0.15, -0.1) is 0 Å². The zero-order chi connectivity index (χ0) is 14.7. The Morgan fingerprint density at radius 3 is 2.86 bits per heavy atom. The van der Waals surface area contributed by atoms with Crippen molar-refractivity contribution in [3.05, 3.63) is 53.6 Å². The summed E-state index contributed by atoms with van der Waals surface area (Å²) < 4.78 is 11.0. The van der Waals surface area contributed by atoms with Gasteiger partial charge in [-0.3, -0.25) is 4.79 Å². The van der Waals surface area contributed by atoms with Crippen LogP contribution in [-0.2, 0) is 17.8 Å². The van der Waals surface area contributed by atoms with Gasteiger partial charge in [0, 0.05) is 18.2 Å². The molecule has 0 aromatic heterocycles. The second-order valence-electron chi connectivity index (χ2n) is 5.01. The lowest BCUT2D eigenvalue weighted by molar-refractivity contribution is -0.116. The Labute approximate surface area is 123 Å². The summed E-state index contributed by atoms with van der Waals surface area (Å²) in [4.78, 5) is 11.4. The molecule has 0 unspecified atom stereocenters. The van der Waals surface area contributed by atoms with Gasteiger partial charge in [-0.25, -0.2) is 0 Å². The number of carbonyl (C=O) groups excluding carboxylic acids is 1. The zero-order valence-electron chi connectivity index (χ0n) is 11.9. The van der Waals surface area contributed by atoms with Gasteiger partial charge in [0.25, 0.3) is 0 Å². The minimum atomic E-state index is 0.0624. The Morgan fingerprint density at radius 2 is 2.00 bits per heavy atom. The summed E-state index contributed by atoms with van der Waals surface area (Å²) in [5.41, 5.74) is 3.05. The van der Waals surface area contributed by atoms with Gasteiger partial charge in [-0.05, 0) is 35.7 Å². The van der Waals surface area contributed by atoms with E-state index >= 15 is 0 Å². The number of methoxy groups -OCH3 is 1. The summed E-state index contributed by atoms with van der Waals surface area (Å²) in [5, 5.41) is 2.88. The number of nitrogens with one attached hydrogen (secondary N) is 1. The summed E-state index contributed by atoms with van der Waals surface area (Å²) >= 11 is 0. The fraction of sp³-hybridized carbons (Fsp3) is 0.235. The number of rotatable bonds is 4. The first kappa shape index (κ1) is 13.5. The number of hydrogen-bond donors (Lipinski definition) is 1. The maximum atomic E-state index is 11.4. The van der Waals surface area contributed by atoms with E-state index in [-0.39, 0.29) is 5.91 Å². The molecule has 0 atom stereocenters. The fourth-order valence-corrected chi connectivity index (χ4v) is 2.37. The van der Waals surface area contributed by atoms with E-state index in [1.54, 1.807) is 7.11 Å². The number of carbonyl (C=O) groups is 1. The van der Waals surface area contributed by atoms with E-state index in [1.807, 2.05) is 42.5 Å². The zero-order valence-corrected chi connectivity index (χ0v) is 11.9. The van der Waals surface area contributed by atoms with E-state index in [9.17, 15) is 4.79 Å². The molecule has 0 spiro atoms. The van der Waals surface area contributed by atoms with E-state index in [4.69, 9.17) is 9.47 Å². The number of ether oxygens (including phenoxy) is 2. The van der Waals surface area contributed by atoms with Crippen molar-refractivity contribution in [3.63, 3.8) is 0 Å². The van der Waals surface area contributed by atoms with Crippen LogP contribution in [0.4, 0.5) is 5.69 Å². The molecule has 1 N–H and O–H groups in total. The van der Waals surface area contributed by atoms with Crippen molar-refractivity contribution in [2.75, 3.05) is 12.4 Å². The molecule has 21 heavy (non-hydrogen) atoms. The quantitative estimate of drug-likeness (QED) is 0.937. The summed E-state index contributed by atoms with van der Waals surface area (Å²) in [6, 6.07) is 13.6. The number of hydrogen-bond acceptors (Lipinski definition) is 3. The predicted octanol–water partition coefficient (Wildman–Crippen LogP) is 3.16. The molecule has 0 bridgehead atoms. The van der Waals surface area contributed by atoms with E-state index in [0.29, 0.717) is 13.0 Å². The molecular formula is C17H17NO3. The van der Waals surface area contributed by atoms with Crippen molar-refractivity contribution in [3.8, 4) is 11.5 Å². The standard InChI is InChI=1S/C17H17NO3/c1-20-14-4-2-3-12(9-14)11-21-15-7-5-13-6-8-17(19)18-16(13)10-15/h2-5,7,9-10H,6,8,11H2,1H3,(H,18,19). The van der Waals surface area contributed by atoms with Crippen LogP contribution in [0.2, 0.25) is 0 Å². The van der Waals surface area contributed by atoms with Gasteiger partial charge in [0.15, 0.2) is 0 Å². The molecule has 2 aromatic rings. The lowest BCUT2D eigenvalue weighted by Crippen LogP contribution is -2.18. The Morgan fingerprint density at radius 1 is 1.10 bits per heavy atom. The topological polar surface area (TPSA) is 47.6 Å². The molecule has 4 nitrogen and oxygen atoms in total. The SMILES string of the molecule is COc1cccc(COc2ccc3c(c2)NC(=O)CC3)c1. The van der Waals surface area contributed by atoms with E-state index < -0.39 is 0 Å². The summed E-state index contributed by atoms with van der Waals surface area (Å²) in [6.07, 6.45) is 1.34. The van der Waals surface area contributed by atoms with Crippen LogP contribution in [-0.4, -0.2) is 13.0 Å². The molecule has 0 radical (unpaired) electrons. The molecule has 2 aromatic carbocycles. The van der Waals surface area contributed by atoms with Crippen LogP contribution < -0.4 is 14.8 Å². The average molecular weight is 283 g/mol. The molecule has 4 heteroatoms. The Bertz CT molecular complexity index is 667. The van der Waals surface area contributed by atoms with E-state index in [2.05, 4.69) is 5.32 Å². The number of benzene rings is 2. The van der Waals surface area contributed by atoms with Crippen molar-refractivity contribution in [2.45, 2.75) is 19.4 Å². The highest BCUT2D eigenvalue weighted by atomic mass is 16.5. The maximum absolute atomic E-state index is 11.4. The smallest absolute Gasteiger partial charge is 0.224 e. The lowest BCUT2D eigenvalue weighted by Gasteiger charge is -2.17. The first-order chi connectivity index (χ1) is 10.2. The fourth-order valence-electron chi connectivity index (χ4n) is 2.37. The number of fused-ring (bicyclic) bond motifs is 1. The minimum Gasteiger partial charge on any atom is -0.497 e. The molecule has 0 fully saturated rings. The second-order valence-corrected chi connectivity index (χ2v) is 5.01. The summed E-state index contributed by atoms with van der Waals surface area (Å²) in [7, 11) is 1.64. The third-order valence-electron chi connectivity index (χ3n) is 3.52. The third-order valence-corrected chi connectivity index (χ3v) is 3.52. The molecule has 1 aliphatic rings. The van der Waals surface area contributed by atoms with Gasteiger partial charge in [-0.2, -0.15) is 0 Å². The Kier molecular flexibility index (Phi) is 3.77. The van der Waals surface area contributed by atoms with Gasteiger partial charge in [0.1, 0.15) is 18.1 Å². The third kappa shape index (κ3) is 3.16. The first-order valence-corrected chi connectivity index (χ1v) is 6.93. The van der Waals surface area contributed by atoms with Gasteiger partial charge in [0.05, 0.1) is 7.11 Å². The van der Waals surface area contributed by atoms with Gasteiger partial charge < -0.3 is 14.8 Å². The molecule has 0 aliphatic carbocycles. The number of anilines is 1. The average Bonchev–Trinajstić information content (AvgIpc) is 2.52. The van der Waals surface area contributed by atoms with Gasteiger partial charge in [-0.1, -0.05) is 18.2 Å². The van der Waals surface area contributed by atoms with Crippen LogP contribution >= 0.6 is 0 Å². The van der Waals surface area contributed by atoms with Crippen molar-refractivity contribution in [2.24, 2.45) is 0 Å². The Balaban J connectivity index is 1.70. The number of amides is 1. The highest BCUT2D eigenvalue weighted by molar-refractivity contribution is 5.94.